The molecule has 0 aliphatic carbocycles. The zero-order valence-corrected chi connectivity index (χ0v) is 14.8. The molecule has 1 aliphatic rings. The van der Waals surface area contributed by atoms with Gasteiger partial charge in [0.15, 0.2) is 6.29 Å². The second kappa shape index (κ2) is 6.36. The SMILES string of the molecule is OC1OBc2cc(-n3cc(Sc4ccccc4)c4ccccc43)ccc21. The quantitative estimate of drug-likeness (QED) is 0.567. The molecule has 1 atom stereocenters. The monoisotopic (exact) mass is 357 g/mol. The van der Waals surface area contributed by atoms with E-state index in [9.17, 15) is 5.11 Å². The van der Waals surface area contributed by atoms with Crippen LogP contribution in [0.15, 0.2) is 88.8 Å². The minimum atomic E-state index is -0.801. The molecule has 3 aromatic carbocycles. The first-order valence-electron chi connectivity index (χ1n) is 8.55. The Hall–Kier alpha value is -2.47. The Bertz CT molecular complexity index is 1090. The van der Waals surface area contributed by atoms with Crippen LogP contribution in [0.2, 0.25) is 0 Å². The third-order valence-electron chi connectivity index (χ3n) is 4.71. The van der Waals surface area contributed by atoms with Crippen LogP contribution in [-0.2, 0) is 4.65 Å². The van der Waals surface area contributed by atoms with Gasteiger partial charge < -0.3 is 14.3 Å². The lowest BCUT2D eigenvalue weighted by Crippen LogP contribution is -2.12. The van der Waals surface area contributed by atoms with E-state index in [1.807, 2.05) is 18.2 Å². The number of benzene rings is 3. The standard InChI is InChI=1S/C21H16BNO2S/c24-21-16-11-10-14(12-18(16)22-25-21)23-13-20(17-8-4-5-9-19(17)23)26-15-6-2-1-3-7-15/h1-13,21-22,24H. The lowest BCUT2D eigenvalue weighted by molar-refractivity contribution is -0.00793. The van der Waals surface area contributed by atoms with Crippen LogP contribution < -0.4 is 5.46 Å². The van der Waals surface area contributed by atoms with E-state index in [1.54, 1.807) is 11.8 Å². The van der Waals surface area contributed by atoms with Gasteiger partial charge in [-0.1, -0.05) is 54.2 Å². The molecule has 1 N–H and O–H groups in total. The highest BCUT2D eigenvalue weighted by molar-refractivity contribution is 7.99. The Morgan fingerprint density at radius 1 is 0.962 bits per heavy atom. The highest BCUT2D eigenvalue weighted by Crippen LogP contribution is 2.36. The molecular weight excluding hydrogens is 341 g/mol. The van der Waals surface area contributed by atoms with Crippen LogP contribution in [0.3, 0.4) is 0 Å². The summed E-state index contributed by atoms with van der Waals surface area (Å²) < 4.78 is 7.54. The summed E-state index contributed by atoms with van der Waals surface area (Å²) in [6, 6.07) is 25.0. The van der Waals surface area contributed by atoms with Gasteiger partial charge in [0.05, 0.1) is 5.52 Å². The van der Waals surface area contributed by atoms with Crippen molar-refractivity contribution in [3.63, 3.8) is 0 Å². The van der Waals surface area contributed by atoms with Crippen molar-refractivity contribution in [1.29, 1.82) is 0 Å². The molecule has 4 aromatic rings. The first-order chi connectivity index (χ1) is 12.8. The fourth-order valence-corrected chi connectivity index (χ4v) is 4.41. The van der Waals surface area contributed by atoms with Crippen molar-refractivity contribution in [3.8, 4) is 5.69 Å². The summed E-state index contributed by atoms with van der Waals surface area (Å²) in [7, 11) is 0.454. The molecule has 0 spiro atoms. The zero-order chi connectivity index (χ0) is 17.5. The molecule has 26 heavy (non-hydrogen) atoms. The smallest absolute Gasteiger partial charge is 0.312 e. The summed E-state index contributed by atoms with van der Waals surface area (Å²) in [6.45, 7) is 0. The summed E-state index contributed by atoms with van der Waals surface area (Å²) in [5, 5.41) is 11.1. The van der Waals surface area contributed by atoms with Crippen molar-refractivity contribution in [2.75, 3.05) is 0 Å². The van der Waals surface area contributed by atoms with E-state index in [1.165, 1.54) is 20.7 Å². The molecule has 2 heterocycles. The van der Waals surface area contributed by atoms with E-state index in [-0.39, 0.29) is 0 Å². The average molecular weight is 357 g/mol. The van der Waals surface area contributed by atoms with Gasteiger partial charge in [-0.3, -0.25) is 0 Å². The number of rotatable bonds is 3. The van der Waals surface area contributed by atoms with E-state index in [4.69, 9.17) is 4.65 Å². The summed E-state index contributed by atoms with van der Waals surface area (Å²) in [6.07, 6.45) is 1.39. The first kappa shape index (κ1) is 15.8. The van der Waals surface area contributed by atoms with Crippen LogP contribution in [-0.4, -0.2) is 17.2 Å². The van der Waals surface area contributed by atoms with Gasteiger partial charge in [-0.15, -0.1) is 0 Å². The average Bonchev–Trinajstić information content (AvgIpc) is 3.24. The highest BCUT2D eigenvalue weighted by Gasteiger charge is 2.22. The number of aliphatic hydroxyl groups excluding tert-OH is 1. The third kappa shape index (κ3) is 2.65. The Kier molecular flexibility index (Phi) is 3.86. The van der Waals surface area contributed by atoms with Crippen LogP contribution in [0.25, 0.3) is 16.6 Å². The summed E-state index contributed by atoms with van der Waals surface area (Å²) >= 11 is 1.77. The summed E-state index contributed by atoms with van der Waals surface area (Å²) in [5.74, 6) is 0. The van der Waals surface area contributed by atoms with Gasteiger partial charge in [0.2, 0.25) is 0 Å². The molecular formula is C21H16BNO2S. The second-order valence-electron chi connectivity index (χ2n) is 6.34. The van der Waals surface area contributed by atoms with Crippen molar-refractivity contribution in [2.24, 2.45) is 0 Å². The molecule has 3 nitrogen and oxygen atoms in total. The maximum absolute atomic E-state index is 9.85. The van der Waals surface area contributed by atoms with Gasteiger partial charge in [-0.25, -0.2) is 0 Å². The van der Waals surface area contributed by atoms with Gasteiger partial charge in [0, 0.05) is 32.6 Å². The number of fused-ring (bicyclic) bond motifs is 2. The highest BCUT2D eigenvalue weighted by atomic mass is 32.2. The molecule has 1 unspecified atom stereocenters. The van der Waals surface area contributed by atoms with Gasteiger partial charge in [0.1, 0.15) is 0 Å². The van der Waals surface area contributed by atoms with Crippen LogP contribution in [0.4, 0.5) is 0 Å². The number of para-hydroxylation sites is 1. The number of aliphatic hydroxyl groups is 1. The number of nitrogens with zero attached hydrogens (tertiary/aromatic N) is 1. The van der Waals surface area contributed by atoms with Crippen molar-refractivity contribution >= 4 is 35.6 Å². The maximum Gasteiger partial charge on any atom is 0.312 e. The Morgan fingerprint density at radius 2 is 1.77 bits per heavy atom. The molecule has 0 saturated heterocycles. The minimum absolute atomic E-state index is 0.454. The number of hydrogen-bond donors (Lipinski definition) is 1. The van der Waals surface area contributed by atoms with Crippen LogP contribution in [0.5, 0.6) is 0 Å². The van der Waals surface area contributed by atoms with E-state index in [0.717, 1.165) is 16.7 Å². The lowest BCUT2D eigenvalue weighted by atomic mass is 9.87. The number of aromatic nitrogens is 1. The Morgan fingerprint density at radius 3 is 2.65 bits per heavy atom. The molecule has 0 amide bonds. The fraction of sp³-hybridized carbons (Fsp3) is 0.0476. The lowest BCUT2D eigenvalue weighted by Gasteiger charge is -2.08. The molecule has 126 valence electrons. The molecule has 5 heteroatoms. The molecule has 1 aliphatic heterocycles. The van der Waals surface area contributed by atoms with Crippen molar-refractivity contribution in [1.82, 2.24) is 4.57 Å². The summed E-state index contributed by atoms with van der Waals surface area (Å²) in [4.78, 5) is 2.45. The van der Waals surface area contributed by atoms with E-state index < -0.39 is 6.29 Å². The topological polar surface area (TPSA) is 34.4 Å². The largest absolute Gasteiger partial charge is 0.408 e. The zero-order valence-electron chi connectivity index (χ0n) is 14.0. The minimum Gasteiger partial charge on any atom is -0.408 e. The Labute approximate surface area is 156 Å². The van der Waals surface area contributed by atoms with E-state index in [2.05, 4.69) is 65.4 Å². The van der Waals surface area contributed by atoms with Crippen LogP contribution in [0, 0.1) is 0 Å². The van der Waals surface area contributed by atoms with Crippen molar-refractivity contribution in [3.05, 3.63) is 84.6 Å². The molecule has 0 fully saturated rings. The van der Waals surface area contributed by atoms with Gasteiger partial charge in [-0.05, 0) is 35.8 Å². The first-order valence-corrected chi connectivity index (χ1v) is 9.37. The maximum atomic E-state index is 9.85. The number of hydrogen-bond acceptors (Lipinski definition) is 3. The van der Waals surface area contributed by atoms with Gasteiger partial charge in [-0.2, -0.15) is 0 Å². The fourth-order valence-electron chi connectivity index (χ4n) is 3.43. The predicted octanol–water partition coefficient (Wildman–Crippen LogP) is 3.78. The van der Waals surface area contributed by atoms with E-state index in [0.29, 0.717) is 7.48 Å². The third-order valence-corrected chi connectivity index (χ3v) is 5.77. The molecule has 5 rings (SSSR count). The normalized spacial score (nSPS) is 15.8. The van der Waals surface area contributed by atoms with Gasteiger partial charge >= 0.3 is 7.48 Å². The molecule has 0 saturated carbocycles. The molecule has 0 bridgehead atoms. The molecule has 0 radical (unpaired) electrons. The van der Waals surface area contributed by atoms with Crippen molar-refractivity contribution < 1.29 is 9.76 Å². The van der Waals surface area contributed by atoms with E-state index >= 15 is 0 Å². The van der Waals surface area contributed by atoms with Crippen LogP contribution in [0.1, 0.15) is 11.9 Å². The van der Waals surface area contributed by atoms with Gasteiger partial charge in [0.25, 0.3) is 0 Å². The van der Waals surface area contributed by atoms with Crippen LogP contribution >= 0.6 is 11.8 Å². The van der Waals surface area contributed by atoms with Crippen molar-refractivity contribution in [2.45, 2.75) is 16.1 Å². The molecule has 1 aromatic heterocycles. The predicted molar refractivity (Wildman–Crippen MR) is 107 cm³/mol. The Balaban J connectivity index is 1.63. The summed E-state index contributed by atoms with van der Waals surface area (Å²) in [5.41, 5.74) is 4.16. The second-order valence-corrected chi connectivity index (χ2v) is 7.46.